The molecule has 1 aliphatic heterocycles. The number of rotatable bonds is 4. The van der Waals surface area contributed by atoms with Gasteiger partial charge in [-0.3, -0.25) is 9.69 Å². The van der Waals surface area contributed by atoms with Crippen LogP contribution in [0.5, 0.6) is 0 Å². The molecule has 0 radical (unpaired) electrons. The average molecular weight is 294 g/mol. The molecular weight excluding hydrogens is 280 g/mol. The lowest BCUT2D eigenvalue weighted by Gasteiger charge is -2.19. The molecule has 3 rings (SSSR count). The zero-order chi connectivity index (χ0) is 13.2. The number of aliphatic carboxylic acids is 1. The molecule has 1 saturated heterocycles. The van der Waals surface area contributed by atoms with Crippen molar-refractivity contribution >= 4 is 28.6 Å². The van der Waals surface area contributed by atoms with Crippen molar-refractivity contribution in [1.29, 1.82) is 0 Å². The van der Waals surface area contributed by atoms with E-state index in [4.69, 9.17) is 5.11 Å². The molecule has 1 N–H and O–H groups in total. The molecule has 0 aliphatic carbocycles. The van der Waals surface area contributed by atoms with Gasteiger partial charge in [-0.15, -0.1) is 22.7 Å². The number of carbonyl (C=O) groups is 1. The first kappa shape index (κ1) is 12.8. The van der Waals surface area contributed by atoms with Crippen LogP contribution in [0.25, 0.3) is 9.88 Å². The first-order valence-corrected chi connectivity index (χ1v) is 7.95. The Balaban J connectivity index is 1.72. The van der Waals surface area contributed by atoms with E-state index < -0.39 is 5.97 Å². The third-order valence-electron chi connectivity index (χ3n) is 3.30. The lowest BCUT2D eigenvalue weighted by Crippen LogP contribution is -2.35. The fourth-order valence-corrected chi connectivity index (χ4v) is 4.02. The summed E-state index contributed by atoms with van der Waals surface area (Å²) in [6.07, 6.45) is 1.70. The van der Waals surface area contributed by atoms with Crippen molar-refractivity contribution in [3.05, 3.63) is 28.6 Å². The number of carboxylic acids is 1. The Labute approximate surface area is 119 Å². The van der Waals surface area contributed by atoms with Gasteiger partial charge in [0.2, 0.25) is 0 Å². The van der Waals surface area contributed by atoms with Gasteiger partial charge in [-0.2, -0.15) is 0 Å². The van der Waals surface area contributed by atoms with Crippen LogP contribution in [0.2, 0.25) is 0 Å². The summed E-state index contributed by atoms with van der Waals surface area (Å²) < 4.78 is 0. The summed E-state index contributed by atoms with van der Waals surface area (Å²) in [4.78, 5) is 18.9. The molecule has 0 aromatic carbocycles. The van der Waals surface area contributed by atoms with Crippen molar-refractivity contribution in [3.8, 4) is 9.88 Å². The SMILES string of the molecule is O=C(O)C1CCCN1Cc1csc(-c2cccs2)n1. The van der Waals surface area contributed by atoms with E-state index in [2.05, 4.69) is 11.1 Å². The molecule has 0 saturated carbocycles. The van der Waals surface area contributed by atoms with Crippen LogP contribution in [0, 0.1) is 0 Å². The molecule has 1 atom stereocenters. The Bertz CT molecular complexity index is 565. The second-order valence-corrected chi connectivity index (χ2v) is 6.39. The molecule has 0 bridgehead atoms. The van der Waals surface area contributed by atoms with E-state index in [1.165, 1.54) is 4.88 Å². The Morgan fingerprint density at radius 2 is 2.42 bits per heavy atom. The maximum absolute atomic E-state index is 11.1. The second-order valence-electron chi connectivity index (χ2n) is 4.59. The lowest BCUT2D eigenvalue weighted by atomic mass is 10.2. The Hall–Kier alpha value is -1.24. The summed E-state index contributed by atoms with van der Waals surface area (Å²) in [5, 5.41) is 14.3. The maximum Gasteiger partial charge on any atom is 0.320 e. The van der Waals surface area contributed by atoms with Gasteiger partial charge in [0.1, 0.15) is 11.0 Å². The smallest absolute Gasteiger partial charge is 0.320 e. The largest absolute Gasteiger partial charge is 0.480 e. The zero-order valence-electron chi connectivity index (χ0n) is 10.3. The number of likely N-dealkylation sites (tertiary alicyclic amines) is 1. The predicted molar refractivity (Wildman–Crippen MR) is 76.5 cm³/mol. The first-order chi connectivity index (χ1) is 9.24. The molecule has 1 unspecified atom stereocenters. The topological polar surface area (TPSA) is 53.4 Å². The van der Waals surface area contributed by atoms with Crippen LogP contribution in [-0.4, -0.2) is 33.5 Å². The monoisotopic (exact) mass is 294 g/mol. The van der Waals surface area contributed by atoms with Crippen LogP contribution in [-0.2, 0) is 11.3 Å². The van der Waals surface area contributed by atoms with E-state index in [-0.39, 0.29) is 6.04 Å². The van der Waals surface area contributed by atoms with Crippen LogP contribution in [0.1, 0.15) is 18.5 Å². The van der Waals surface area contributed by atoms with E-state index in [0.29, 0.717) is 6.54 Å². The van der Waals surface area contributed by atoms with Crippen LogP contribution in [0.4, 0.5) is 0 Å². The van der Waals surface area contributed by atoms with Crippen molar-refractivity contribution in [2.24, 2.45) is 0 Å². The zero-order valence-corrected chi connectivity index (χ0v) is 11.9. The van der Waals surface area contributed by atoms with E-state index in [0.717, 1.165) is 30.1 Å². The summed E-state index contributed by atoms with van der Waals surface area (Å²) >= 11 is 3.30. The minimum absolute atomic E-state index is 0.341. The normalized spacial score (nSPS) is 19.9. The fourth-order valence-electron chi connectivity index (χ4n) is 2.40. The van der Waals surface area contributed by atoms with Gasteiger partial charge in [0.05, 0.1) is 10.6 Å². The van der Waals surface area contributed by atoms with Gasteiger partial charge in [-0.25, -0.2) is 4.98 Å². The minimum atomic E-state index is -0.716. The van der Waals surface area contributed by atoms with E-state index in [1.807, 2.05) is 21.7 Å². The molecule has 4 nitrogen and oxygen atoms in total. The third kappa shape index (κ3) is 2.70. The maximum atomic E-state index is 11.1. The number of aromatic nitrogens is 1. The number of nitrogens with zero attached hydrogens (tertiary/aromatic N) is 2. The van der Waals surface area contributed by atoms with Gasteiger partial charge in [0.25, 0.3) is 0 Å². The molecule has 6 heteroatoms. The first-order valence-electron chi connectivity index (χ1n) is 6.19. The second kappa shape index (κ2) is 5.40. The van der Waals surface area contributed by atoms with Crippen molar-refractivity contribution in [1.82, 2.24) is 9.88 Å². The van der Waals surface area contributed by atoms with Crippen LogP contribution >= 0.6 is 22.7 Å². The van der Waals surface area contributed by atoms with Crippen molar-refractivity contribution in [2.45, 2.75) is 25.4 Å². The van der Waals surface area contributed by atoms with E-state index in [9.17, 15) is 4.79 Å². The lowest BCUT2D eigenvalue weighted by molar-refractivity contribution is -0.142. The van der Waals surface area contributed by atoms with Crippen LogP contribution in [0.3, 0.4) is 0 Å². The number of thiophene rings is 1. The minimum Gasteiger partial charge on any atom is -0.480 e. The quantitative estimate of drug-likeness (QED) is 0.942. The highest BCUT2D eigenvalue weighted by Crippen LogP contribution is 2.29. The molecule has 19 heavy (non-hydrogen) atoms. The number of hydrogen-bond donors (Lipinski definition) is 1. The molecule has 100 valence electrons. The van der Waals surface area contributed by atoms with Crippen LogP contribution < -0.4 is 0 Å². The fraction of sp³-hybridized carbons (Fsp3) is 0.385. The predicted octanol–water partition coefficient (Wildman–Crippen LogP) is 2.92. The number of thiazole rings is 1. The highest BCUT2D eigenvalue weighted by Gasteiger charge is 2.30. The van der Waals surface area contributed by atoms with Crippen molar-refractivity contribution in [2.75, 3.05) is 6.54 Å². The van der Waals surface area contributed by atoms with Crippen LogP contribution in [0.15, 0.2) is 22.9 Å². The van der Waals surface area contributed by atoms with Crippen molar-refractivity contribution < 1.29 is 9.90 Å². The summed E-state index contributed by atoms with van der Waals surface area (Å²) in [6.45, 7) is 1.49. The highest BCUT2D eigenvalue weighted by atomic mass is 32.1. The van der Waals surface area contributed by atoms with Crippen molar-refractivity contribution in [3.63, 3.8) is 0 Å². The molecule has 0 spiro atoms. The molecule has 3 heterocycles. The summed E-state index contributed by atoms with van der Waals surface area (Å²) in [6, 6.07) is 3.73. The number of carboxylic acid groups (broad SMARTS) is 1. The van der Waals surface area contributed by atoms with E-state index >= 15 is 0 Å². The van der Waals surface area contributed by atoms with Gasteiger partial charge in [-0.1, -0.05) is 6.07 Å². The van der Waals surface area contributed by atoms with Gasteiger partial charge >= 0.3 is 5.97 Å². The molecule has 0 amide bonds. The molecular formula is C13H14N2O2S2. The van der Waals surface area contributed by atoms with Gasteiger partial charge in [-0.05, 0) is 30.8 Å². The standard InChI is InChI=1S/C13H14N2O2S2/c16-13(17)10-3-1-5-15(10)7-9-8-19-12(14-9)11-4-2-6-18-11/h2,4,6,8,10H,1,3,5,7H2,(H,16,17). The Kier molecular flexibility index (Phi) is 3.63. The van der Waals surface area contributed by atoms with Gasteiger partial charge in [0, 0.05) is 11.9 Å². The summed E-state index contributed by atoms with van der Waals surface area (Å²) in [7, 11) is 0. The van der Waals surface area contributed by atoms with Gasteiger partial charge in [0.15, 0.2) is 0 Å². The third-order valence-corrected chi connectivity index (χ3v) is 5.23. The highest BCUT2D eigenvalue weighted by molar-refractivity contribution is 7.20. The van der Waals surface area contributed by atoms with E-state index in [1.54, 1.807) is 22.7 Å². The Morgan fingerprint density at radius 1 is 1.53 bits per heavy atom. The average Bonchev–Trinajstić information content (AvgIpc) is 3.09. The Morgan fingerprint density at radius 3 is 3.16 bits per heavy atom. The summed E-state index contributed by atoms with van der Waals surface area (Å²) in [5.74, 6) is -0.716. The number of hydrogen-bond acceptors (Lipinski definition) is 5. The molecule has 2 aromatic rings. The summed E-state index contributed by atoms with van der Waals surface area (Å²) in [5.41, 5.74) is 0.974. The molecule has 1 aliphatic rings. The molecule has 2 aromatic heterocycles. The molecule has 1 fully saturated rings. The van der Waals surface area contributed by atoms with Gasteiger partial charge < -0.3 is 5.11 Å².